The first-order valence-electron chi connectivity index (χ1n) is 11.8. The summed E-state index contributed by atoms with van der Waals surface area (Å²) in [6.07, 6.45) is 1.79. The predicted octanol–water partition coefficient (Wildman–Crippen LogP) is 3.29. The van der Waals surface area contributed by atoms with Crippen molar-refractivity contribution >= 4 is 54.2 Å². The summed E-state index contributed by atoms with van der Waals surface area (Å²) in [5.74, 6) is -0.194. The van der Waals surface area contributed by atoms with Crippen molar-refractivity contribution in [2.75, 3.05) is 57.3 Å². The Morgan fingerprint density at radius 3 is 2.40 bits per heavy atom. The molecule has 0 unspecified atom stereocenters. The first-order chi connectivity index (χ1) is 16.9. The SMILES string of the molecule is O=C(NCCN1CCN(c2nc3c(Cl)cccc3s2)CC1)c1ccc(S(=O)(=O)N2CCCC2)cc1. The smallest absolute Gasteiger partial charge is 0.251 e. The summed E-state index contributed by atoms with van der Waals surface area (Å²) in [4.78, 5) is 22.1. The number of sulfonamides is 1. The number of carbonyl (C=O) groups is 1. The van der Waals surface area contributed by atoms with Crippen molar-refractivity contribution < 1.29 is 13.2 Å². The molecule has 3 heterocycles. The van der Waals surface area contributed by atoms with E-state index >= 15 is 0 Å². The van der Waals surface area contributed by atoms with E-state index in [0.717, 1.165) is 60.9 Å². The Morgan fingerprint density at radius 2 is 1.71 bits per heavy atom. The summed E-state index contributed by atoms with van der Waals surface area (Å²) >= 11 is 7.93. The minimum Gasteiger partial charge on any atom is -0.351 e. The van der Waals surface area contributed by atoms with Gasteiger partial charge >= 0.3 is 0 Å². The fraction of sp³-hybridized carbons (Fsp3) is 0.417. The van der Waals surface area contributed by atoms with Crippen LogP contribution < -0.4 is 10.2 Å². The summed E-state index contributed by atoms with van der Waals surface area (Å²) in [6, 6.07) is 12.1. The molecule has 2 aliphatic heterocycles. The van der Waals surface area contributed by atoms with Gasteiger partial charge in [0.15, 0.2) is 5.13 Å². The van der Waals surface area contributed by atoms with Crippen LogP contribution in [-0.4, -0.2) is 80.9 Å². The number of piperazine rings is 1. The van der Waals surface area contributed by atoms with Crippen LogP contribution in [0.1, 0.15) is 23.2 Å². The Morgan fingerprint density at radius 1 is 1.00 bits per heavy atom. The van der Waals surface area contributed by atoms with Crippen LogP contribution in [0.25, 0.3) is 10.2 Å². The minimum absolute atomic E-state index is 0.194. The summed E-state index contributed by atoms with van der Waals surface area (Å²) < 4.78 is 27.9. The Hall–Kier alpha value is -2.24. The molecule has 1 amide bonds. The lowest BCUT2D eigenvalue weighted by Crippen LogP contribution is -2.48. The molecule has 1 N–H and O–H groups in total. The van der Waals surface area contributed by atoms with Gasteiger partial charge in [0.2, 0.25) is 10.0 Å². The molecule has 0 aliphatic carbocycles. The standard InChI is InChI=1S/C24H28ClN5O3S2/c25-20-4-3-5-21-22(20)27-24(34-21)29-16-14-28(15-17-29)13-10-26-23(31)18-6-8-19(9-7-18)35(32,33)30-11-1-2-12-30/h3-9H,1-2,10-17H2,(H,26,31). The van der Waals surface area contributed by atoms with E-state index in [4.69, 9.17) is 16.6 Å². The van der Waals surface area contributed by atoms with Crippen molar-refractivity contribution in [2.45, 2.75) is 17.7 Å². The van der Waals surface area contributed by atoms with E-state index in [9.17, 15) is 13.2 Å². The van der Waals surface area contributed by atoms with Gasteiger partial charge in [-0.05, 0) is 49.2 Å². The van der Waals surface area contributed by atoms with Gasteiger partial charge in [-0.2, -0.15) is 4.31 Å². The van der Waals surface area contributed by atoms with Gasteiger partial charge < -0.3 is 10.2 Å². The third kappa shape index (κ3) is 5.31. The molecule has 1 aromatic heterocycles. The van der Waals surface area contributed by atoms with Crippen molar-refractivity contribution in [1.82, 2.24) is 19.5 Å². The number of hydrogen-bond acceptors (Lipinski definition) is 7. The summed E-state index contributed by atoms with van der Waals surface area (Å²) in [5.41, 5.74) is 1.32. The van der Waals surface area contributed by atoms with Crippen LogP contribution >= 0.6 is 22.9 Å². The van der Waals surface area contributed by atoms with Crippen molar-refractivity contribution in [2.24, 2.45) is 0 Å². The van der Waals surface area contributed by atoms with Gasteiger partial charge in [0.1, 0.15) is 5.52 Å². The van der Waals surface area contributed by atoms with Crippen LogP contribution in [0, 0.1) is 0 Å². The van der Waals surface area contributed by atoms with Gasteiger partial charge in [0, 0.05) is 57.9 Å². The molecule has 8 nitrogen and oxygen atoms in total. The Kier molecular flexibility index (Phi) is 7.26. The van der Waals surface area contributed by atoms with Gasteiger partial charge in [0.05, 0.1) is 14.6 Å². The van der Waals surface area contributed by atoms with Crippen molar-refractivity contribution in [3.63, 3.8) is 0 Å². The molecule has 0 bridgehead atoms. The quantitative estimate of drug-likeness (QED) is 0.501. The maximum absolute atomic E-state index is 12.6. The highest BCUT2D eigenvalue weighted by Crippen LogP contribution is 2.33. The summed E-state index contributed by atoms with van der Waals surface area (Å²) in [7, 11) is -3.47. The van der Waals surface area contributed by atoms with Crippen molar-refractivity contribution in [3.05, 3.63) is 53.1 Å². The third-order valence-electron chi connectivity index (χ3n) is 6.53. The molecule has 0 spiro atoms. The molecule has 0 atom stereocenters. The number of anilines is 1. The topological polar surface area (TPSA) is 85.9 Å². The molecule has 2 aliphatic rings. The maximum atomic E-state index is 12.6. The number of fused-ring (bicyclic) bond motifs is 1. The number of para-hydroxylation sites is 1. The van der Waals surface area contributed by atoms with Crippen LogP contribution in [0.15, 0.2) is 47.4 Å². The number of thiazole rings is 1. The van der Waals surface area contributed by atoms with Crippen LogP contribution in [0.2, 0.25) is 5.02 Å². The Labute approximate surface area is 214 Å². The van der Waals surface area contributed by atoms with Gasteiger partial charge in [-0.15, -0.1) is 0 Å². The van der Waals surface area contributed by atoms with E-state index in [-0.39, 0.29) is 10.8 Å². The highest BCUT2D eigenvalue weighted by atomic mass is 35.5. The van der Waals surface area contributed by atoms with E-state index in [1.165, 1.54) is 16.4 Å². The van der Waals surface area contributed by atoms with Gasteiger partial charge in [-0.25, -0.2) is 13.4 Å². The third-order valence-corrected chi connectivity index (χ3v) is 9.83. The zero-order valence-corrected chi connectivity index (χ0v) is 21.7. The lowest BCUT2D eigenvalue weighted by molar-refractivity contribution is 0.0947. The van der Waals surface area contributed by atoms with Crippen LogP contribution in [0.5, 0.6) is 0 Å². The van der Waals surface area contributed by atoms with Gasteiger partial charge in [-0.3, -0.25) is 9.69 Å². The molecule has 2 fully saturated rings. The van der Waals surface area contributed by atoms with E-state index in [2.05, 4.69) is 15.1 Å². The molecule has 186 valence electrons. The summed E-state index contributed by atoms with van der Waals surface area (Å²) in [6.45, 7) is 5.94. The lowest BCUT2D eigenvalue weighted by atomic mass is 10.2. The number of nitrogens with one attached hydrogen (secondary N) is 1. The lowest BCUT2D eigenvalue weighted by Gasteiger charge is -2.34. The highest BCUT2D eigenvalue weighted by Gasteiger charge is 2.27. The van der Waals surface area contributed by atoms with Gasteiger partial charge in [0.25, 0.3) is 5.91 Å². The van der Waals surface area contributed by atoms with Crippen molar-refractivity contribution in [1.29, 1.82) is 0 Å². The fourth-order valence-corrected chi connectivity index (χ4v) is 7.32. The molecule has 2 saturated heterocycles. The largest absolute Gasteiger partial charge is 0.351 e. The molecule has 11 heteroatoms. The van der Waals surface area contributed by atoms with E-state index in [1.54, 1.807) is 23.5 Å². The monoisotopic (exact) mass is 533 g/mol. The highest BCUT2D eigenvalue weighted by molar-refractivity contribution is 7.89. The normalized spacial score (nSPS) is 17.8. The molecule has 0 saturated carbocycles. The average Bonchev–Trinajstić information content (AvgIpc) is 3.56. The maximum Gasteiger partial charge on any atom is 0.251 e. The minimum atomic E-state index is -3.47. The number of aromatic nitrogens is 1. The number of rotatable bonds is 7. The fourth-order valence-electron chi connectivity index (χ4n) is 4.49. The second-order valence-corrected chi connectivity index (χ2v) is 12.2. The molecular formula is C24H28ClN5O3S2. The number of nitrogens with zero attached hydrogens (tertiary/aromatic N) is 4. The number of carbonyl (C=O) groups excluding carboxylic acids is 1. The predicted molar refractivity (Wildman–Crippen MR) is 140 cm³/mol. The molecule has 5 rings (SSSR count). The number of amides is 1. The first-order valence-corrected chi connectivity index (χ1v) is 14.5. The van der Waals surface area contributed by atoms with Crippen LogP contribution in [-0.2, 0) is 10.0 Å². The number of hydrogen-bond donors (Lipinski definition) is 1. The summed E-state index contributed by atoms with van der Waals surface area (Å²) in [5, 5.41) is 4.63. The Balaban J connectivity index is 1.08. The molecule has 35 heavy (non-hydrogen) atoms. The molecule has 0 radical (unpaired) electrons. The molecule has 3 aromatic rings. The van der Waals surface area contributed by atoms with E-state index in [0.29, 0.717) is 30.2 Å². The second-order valence-electron chi connectivity index (χ2n) is 8.80. The van der Waals surface area contributed by atoms with E-state index in [1.807, 2.05) is 18.2 Å². The zero-order chi connectivity index (χ0) is 24.4. The van der Waals surface area contributed by atoms with Crippen LogP contribution in [0.4, 0.5) is 5.13 Å². The molecule has 2 aromatic carbocycles. The number of benzene rings is 2. The van der Waals surface area contributed by atoms with Crippen LogP contribution in [0.3, 0.4) is 0 Å². The number of halogens is 1. The zero-order valence-electron chi connectivity index (χ0n) is 19.3. The Bertz CT molecular complexity index is 1300. The van der Waals surface area contributed by atoms with Gasteiger partial charge in [-0.1, -0.05) is 29.0 Å². The first kappa shape index (κ1) is 24.5. The van der Waals surface area contributed by atoms with E-state index < -0.39 is 10.0 Å². The van der Waals surface area contributed by atoms with Crippen molar-refractivity contribution in [3.8, 4) is 0 Å². The molecular weight excluding hydrogens is 506 g/mol. The second kappa shape index (κ2) is 10.4. The average molecular weight is 534 g/mol.